The molecule has 0 aliphatic carbocycles. The summed E-state index contributed by atoms with van der Waals surface area (Å²) in [5, 5.41) is 5.15. The molecule has 1 aromatic heterocycles. The molecule has 13 nitrogen and oxygen atoms in total. The summed E-state index contributed by atoms with van der Waals surface area (Å²) >= 11 is 0. The van der Waals surface area contributed by atoms with Crippen molar-refractivity contribution < 1.29 is 33.4 Å². The van der Waals surface area contributed by atoms with E-state index in [-0.39, 0.29) is 30.5 Å². The van der Waals surface area contributed by atoms with Gasteiger partial charge in [-0.1, -0.05) is 36.4 Å². The largest absolute Gasteiger partial charge is 0.444 e. The zero-order chi connectivity index (χ0) is 35.7. The van der Waals surface area contributed by atoms with Crippen molar-refractivity contribution in [3.63, 3.8) is 0 Å². The van der Waals surface area contributed by atoms with Crippen LogP contribution in [0.15, 0.2) is 47.3 Å². The van der Waals surface area contributed by atoms with E-state index < -0.39 is 35.6 Å². The van der Waals surface area contributed by atoms with Crippen molar-refractivity contribution in [2.24, 2.45) is 12.8 Å². The predicted octanol–water partition coefficient (Wildman–Crippen LogP) is 3.57. The number of hydrogen-bond acceptors (Lipinski definition) is 8. The summed E-state index contributed by atoms with van der Waals surface area (Å²) in [6.07, 6.45) is 2.19. The molecule has 3 atom stereocenters. The second-order valence-electron chi connectivity index (χ2n) is 13.5. The quantitative estimate of drug-likeness (QED) is 0.152. The lowest BCUT2D eigenvalue weighted by Crippen LogP contribution is -2.45. The standard InChI is InChI=1S/C36H49N5O8/c1-23(27(15-17-30(37)42)38-34(45)49-36(2,3)4)48-22-25-13-11-24(12-14-25)19-21-47-20-7-9-26-8-6-10-28-32(26)40(5)35(46)41(28)29-16-18-31(43)39-33(29)44/h6,8,10-14,23,27,29H,7,9,15-22H2,1-5H3,(H2,37,42)(H,38,45)(H,39,43,44)/t23-,27+,29?/m1/s1. The minimum atomic E-state index is -0.711. The summed E-state index contributed by atoms with van der Waals surface area (Å²) in [5.41, 5.74) is 8.97. The number of carbonyl (C=O) groups is 4. The molecule has 1 aliphatic rings. The molecule has 0 bridgehead atoms. The fourth-order valence-corrected chi connectivity index (χ4v) is 5.93. The third kappa shape index (κ3) is 10.5. The summed E-state index contributed by atoms with van der Waals surface area (Å²) in [5.74, 6) is -1.21. The Morgan fingerprint density at radius 3 is 2.43 bits per heavy atom. The van der Waals surface area contributed by atoms with Gasteiger partial charge in [0, 0.05) is 26.5 Å². The minimum Gasteiger partial charge on any atom is -0.444 e. The number of fused-ring (bicyclic) bond motifs is 1. The van der Waals surface area contributed by atoms with Crippen LogP contribution in [0.2, 0.25) is 0 Å². The monoisotopic (exact) mass is 679 g/mol. The number of aryl methyl sites for hydroxylation is 2. The van der Waals surface area contributed by atoms with Crippen LogP contribution in [0.3, 0.4) is 0 Å². The van der Waals surface area contributed by atoms with Crippen LogP contribution in [-0.2, 0) is 55.1 Å². The molecule has 49 heavy (non-hydrogen) atoms. The van der Waals surface area contributed by atoms with Crippen LogP contribution in [0, 0.1) is 0 Å². The fraction of sp³-hybridized carbons (Fsp3) is 0.528. The van der Waals surface area contributed by atoms with Gasteiger partial charge in [-0.25, -0.2) is 9.59 Å². The molecule has 266 valence electrons. The molecular formula is C36H49N5O8. The molecule has 13 heteroatoms. The maximum Gasteiger partial charge on any atom is 0.407 e. The van der Waals surface area contributed by atoms with E-state index in [1.807, 2.05) is 49.4 Å². The van der Waals surface area contributed by atoms with E-state index in [9.17, 15) is 24.0 Å². The first-order valence-corrected chi connectivity index (χ1v) is 16.8. The first kappa shape index (κ1) is 37.3. The van der Waals surface area contributed by atoms with Gasteiger partial charge >= 0.3 is 11.8 Å². The maximum atomic E-state index is 13.1. The Morgan fingerprint density at radius 1 is 1.04 bits per heavy atom. The van der Waals surface area contributed by atoms with Crippen molar-refractivity contribution in [3.8, 4) is 0 Å². The van der Waals surface area contributed by atoms with Crippen LogP contribution in [0.5, 0.6) is 0 Å². The molecule has 1 aliphatic heterocycles. The number of imidazole rings is 1. The van der Waals surface area contributed by atoms with E-state index in [2.05, 4.69) is 10.6 Å². The van der Waals surface area contributed by atoms with Gasteiger partial charge in [0.05, 0.1) is 36.4 Å². The molecule has 4 N–H and O–H groups in total. The van der Waals surface area contributed by atoms with Crippen molar-refractivity contribution >= 4 is 34.8 Å². The predicted molar refractivity (Wildman–Crippen MR) is 184 cm³/mol. The first-order chi connectivity index (χ1) is 23.2. The summed E-state index contributed by atoms with van der Waals surface area (Å²) in [7, 11) is 1.71. The number of imide groups is 1. The highest BCUT2D eigenvalue weighted by Crippen LogP contribution is 2.25. The molecule has 2 aromatic carbocycles. The number of amides is 4. The normalized spacial score (nSPS) is 16.3. The Bertz CT molecular complexity index is 1690. The van der Waals surface area contributed by atoms with Gasteiger partial charge in [0.2, 0.25) is 17.7 Å². The van der Waals surface area contributed by atoms with Gasteiger partial charge in [0.1, 0.15) is 11.6 Å². The van der Waals surface area contributed by atoms with E-state index >= 15 is 0 Å². The van der Waals surface area contributed by atoms with Crippen molar-refractivity contribution in [1.82, 2.24) is 19.8 Å². The SMILES string of the molecule is C[C@@H](OCc1ccc(CCOCCCc2cccc3c2n(C)c(=O)n3C2CCC(=O)NC2=O)cc1)[C@H](CCC(N)=O)NC(=O)OC(C)(C)C. The Morgan fingerprint density at radius 2 is 1.76 bits per heavy atom. The molecule has 4 amide bonds. The summed E-state index contributed by atoms with van der Waals surface area (Å²) < 4.78 is 20.4. The highest BCUT2D eigenvalue weighted by molar-refractivity contribution is 6.00. The lowest BCUT2D eigenvalue weighted by molar-refractivity contribution is -0.135. The van der Waals surface area contributed by atoms with E-state index in [4.69, 9.17) is 19.9 Å². The number of rotatable bonds is 16. The number of hydrogen-bond donors (Lipinski definition) is 3. The molecule has 0 saturated carbocycles. The van der Waals surface area contributed by atoms with Crippen LogP contribution < -0.4 is 22.1 Å². The maximum absolute atomic E-state index is 13.1. The van der Waals surface area contributed by atoms with E-state index in [1.54, 1.807) is 32.4 Å². The summed E-state index contributed by atoms with van der Waals surface area (Å²) in [6.45, 7) is 8.62. The lowest BCUT2D eigenvalue weighted by atomic mass is 10.0. The third-order valence-electron chi connectivity index (χ3n) is 8.48. The zero-order valence-electron chi connectivity index (χ0n) is 29.1. The molecule has 0 radical (unpaired) electrons. The second-order valence-corrected chi connectivity index (χ2v) is 13.5. The average Bonchev–Trinajstić information content (AvgIpc) is 3.29. The Hall–Kier alpha value is -4.49. The van der Waals surface area contributed by atoms with Crippen LogP contribution >= 0.6 is 0 Å². The zero-order valence-corrected chi connectivity index (χ0v) is 29.1. The third-order valence-corrected chi connectivity index (χ3v) is 8.48. The van der Waals surface area contributed by atoms with Gasteiger partial charge in [0.25, 0.3) is 0 Å². The molecule has 3 aromatic rings. The molecule has 4 rings (SSSR count). The molecule has 1 fully saturated rings. The number of carbonyl (C=O) groups excluding carboxylic acids is 4. The smallest absolute Gasteiger partial charge is 0.407 e. The molecule has 1 saturated heterocycles. The van der Waals surface area contributed by atoms with Gasteiger partial charge in [-0.3, -0.25) is 28.8 Å². The molecule has 2 heterocycles. The average molecular weight is 680 g/mol. The first-order valence-electron chi connectivity index (χ1n) is 16.8. The van der Waals surface area contributed by atoms with E-state index in [0.29, 0.717) is 44.6 Å². The number of ether oxygens (including phenoxy) is 3. The van der Waals surface area contributed by atoms with Gasteiger partial charge in [0.15, 0.2) is 0 Å². The van der Waals surface area contributed by atoms with Gasteiger partial charge in [-0.05, 0) is 82.6 Å². The molecular weight excluding hydrogens is 630 g/mol. The van der Waals surface area contributed by atoms with Crippen LogP contribution in [-0.4, -0.2) is 63.9 Å². The van der Waals surface area contributed by atoms with Gasteiger partial charge in [-0.2, -0.15) is 0 Å². The van der Waals surface area contributed by atoms with Crippen LogP contribution in [0.1, 0.15) is 82.5 Å². The van der Waals surface area contributed by atoms with E-state index in [1.165, 1.54) is 4.57 Å². The van der Waals surface area contributed by atoms with E-state index in [0.717, 1.165) is 35.0 Å². The number of nitrogens with one attached hydrogen (secondary N) is 2. The van der Waals surface area contributed by atoms with Crippen molar-refractivity contribution in [3.05, 3.63) is 69.6 Å². The number of aromatic nitrogens is 2. The van der Waals surface area contributed by atoms with Crippen molar-refractivity contribution in [1.29, 1.82) is 0 Å². The van der Waals surface area contributed by atoms with Gasteiger partial charge in [-0.15, -0.1) is 0 Å². The number of primary amides is 1. The summed E-state index contributed by atoms with van der Waals surface area (Å²) in [4.78, 5) is 61.0. The van der Waals surface area contributed by atoms with Crippen LogP contribution in [0.25, 0.3) is 11.0 Å². The molecule has 0 spiro atoms. The van der Waals surface area contributed by atoms with Crippen LogP contribution in [0.4, 0.5) is 4.79 Å². The number of alkyl carbamates (subject to hydrolysis) is 1. The van der Waals surface area contributed by atoms with Crippen molar-refractivity contribution in [2.75, 3.05) is 13.2 Å². The summed E-state index contributed by atoms with van der Waals surface area (Å²) in [6, 6.07) is 12.6. The van der Waals surface area contributed by atoms with Gasteiger partial charge < -0.3 is 25.3 Å². The highest BCUT2D eigenvalue weighted by atomic mass is 16.6. The minimum absolute atomic E-state index is 0.114. The Balaban J connectivity index is 1.22. The topological polar surface area (TPSA) is 173 Å². The lowest BCUT2D eigenvalue weighted by Gasteiger charge is -2.27. The number of benzene rings is 2. The van der Waals surface area contributed by atoms with Crippen molar-refractivity contribution in [2.45, 2.75) is 103 Å². The second kappa shape index (κ2) is 16.8. The fourth-order valence-electron chi connectivity index (χ4n) is 5.93. The Kier molecular flexibility index (Phi) is 12.8. The molecule has 1 unspecified atom stereocenters. The number of para-hydroxylation sites is 1. The Labute approximate surface area is 286 Å². The number of piperidine rings is 1. The highest BCUT2D eigenvalue weighted by Gasteiger charge is 2.31. The number of nitrogens with zero attached hydrogens (tertiary/aromatic N) is 2. The number of nitrogens with two attached hydrogens (primary N) is 1.